The second-order valence-electron chi connectivity index (χ2n) is 6.02. The first-order chi connectivity index (χ1) is 10.6. The number of anilines is 2. The van der Waals surface area contributed by atoms with Crippen LogP contribution in [-0.2, 0) is 10.2 Å². The van der Waals surface area contributed by atoms with E-state index in [-0.39, 0.29) is 0 Å². The average Bonchev–Trinajstić information content (AvgIpc) is 3.33. The van der Waals surface area contributed by atoms with E-state index in [4.69, 9.17) is 0 Å². The number of nitrogens with zero attached hydrogens (tertiary/aromatic N) is 2. The minimum Gasteiger partial charge on any atom is -0.254 e. The Morgan fingerprint density at radius 2 is 1.73 bits per heavy atom. The van der Waals surface area contributed by atoms with Crippen LogP contribution in [0.2, 0.25) is 0 Å². The summed E-state index contributed by atoms with van der Waals surface area (Å²) in [5.74, 6) is 0.517. The predicted molar refractivity (Wildman–Crippen MR) is 89.3 cm³/mol. The summed E-state index contributed by atoms with van der Waals surface area (Å²) in [6.07, 6.45) is 2.26. The lowest BCUT2D eigenvalue weighted by molar-refractivity contribution is 0.590. The van der Waals surface area contributed by atoms with Gasteiger partial charge < -0.3 is 0 Å². The van der Waals surface area contributed by atoms with Gasteiger partial charge in [-0.05, 0) is 42.0 Å². The van der Waals surface area contributed by atoms with Crippen LogP contribution in [0, 0.1) is 5.92 Å². The normalized spacial score (nSPS) is 19.3. The van der Waals surface area contributed by atoms with Crippen molar-refractivity contribution in [1.82, 2.24) is 0 Å². The van der Waals surface area contributed by atoms with Crippen LogP contribution in [-0.4, -0.2) is 22.0 Å². The molecule has 0 aromatic heterocycles. The van der Waals surface area contributed by atoms with Crippen molar-refractivity contribution in [3.8, 4) is 11.1 Å². The van der Waals surface area contributed by atoms with Crippen LogP contribution in [0.15, 0.2) is 48.5 Å². The summed E-state index contributed by atoms with van der Waals surface area (Å²) in [6, 6.07) is 15.9. The molecule has 5 heteroatoms. The van der Waals surface area contributed by atoms with Crippen LogP contribution in [0.25, 0.3) is 11.1 Å². The fourth-order valence-electron chi connectivity index (χ4n) is 2.92. The highest BCUT2D eigenvalue weighted by Crippen LogP contribution is 2.44. The van der Waals surface area contributed by atoms with E-state index < -0.39 is 10.2 Å². The van der Waals surface area contributed by atoms with Crippen molar-refractivity contribution in [3.63, 3.8) is 0 Å². The first-order valence-corrected chi connectivity index (χ1v) is 8.93. The fourth-order valence-corrected chi connectivity index (χ4v) is 4.41. The van der Waals surface area contributed by atoms with E-state index in [9.17, 15) is 8.42 Å². The quantitative estimate of drug-likeness (QED) is 0.872. The smallest absolute Gasteiger partial charge is 0.254 e. The number of hydrogen-bond acceptors (Lipinski definition) is 2. The molecule has 1 heterocycles. The lowest BCUT2D eigenvalue weighted by Crippen LogP contribution is -2.36. The predicted octanol–water partition coefficient (Wildman–Crippen LogP) is 3.26. The highest BCUT2D eigenvalue weighted by molar-refractivity contribution is 7.94. The molecular weight excluding hydrogens is 296 g/mol. The van der Waals surface area contributed by atoms with Crippen molar-refractivity contribution in [1.29, 1.82) is 0 Å². The molecule has 0 N–H and O–H groups in total. The zero-order chi connectivity index (χ0) is 15.3. The van der Waals surface area contributed by atoms with Gasteiger partial charge in [-0.2, -0.15) is 8.42 Å². The van der Waals surface area contributed by atoms with Gasteiger partial charge >= 0.3 is 10.2 Å². The highest BCUT2D eigenvalue weighted by Gasteiger charge is 2.40. The molecule has 1 aliphatic heterocycles. The summed E-state index contributed by atoms with van der Waals surface area (Å²) in [6.45, 7) is 0.602. The Morgan fingerprint density at radius 3 is 2.41 bits per heavy atom. The van der Waals surface area contributed by atoms with Crippen LogP contribution in [0.5, 0.6) is 0 Å². The minimum atomic E-state index is -3.41. The van der Waals surface area contributed by atoms with E-state index in [0.717, 1.165) is 35.3 Å². The van der Waals surface area contributed by atoms with E-state index in [2.05, 4.69) is 0 Å². The molecule has 1 aliphatic carbocycles. The molecule has 4 nitrogen and oxygen atoms in total. The molecule has 1 saturated carbocycles. The largest absolute Gasteiger partial charge is 0.326 e. The summed E-state index contributed by atoms with van der Waals surface area (Å²) in [7, 11) is -1.78. The lowest BCUT2D eigenvalue weighted by Gasteiger charge is -2.18. The molecule has 0 unspecified atom stereocenters. The maximum Gasteiger partial charge on any atom is 0.326 e. The van der Waals surface area contributed by atoms with Crippen LogP contribution in [0.3, 0.4) is 0 Å². The maximum absolute atomic E-state index is 12.6. The monoisotopic (exact) mass is 314 g/mol. The molecule has 0 atom stereocenters. The van der Waals surface area contributed by atoms with Gasteiger partial charge in [-0.25, -0.2) is 0 Å². The second-order valence-corrected chi connectivity index (χ2v) is 7.90. The first-order valence-electron chi connectivity index (χ1n) is 7.53. The van der Waals surface area contributed by atoms with Crippen molar-refractivity contribution in [2.75, 3.05) is 22.2 Å². The number of hydrogen-bond donors (Lipinski definition) is 0. The molecule has 2 aromatic rings. The molecule has 4 rings (SSSR count). The van der Waals surface area contributed by atoms with Gasteiger partial charge in [0, 0.05) is 13.6 Å². The van der Waals surface area contributed by atoms with E-state index in [1.54, 1.807) is 11.4 Å². The summed E-state index contributed by atoms with van der Waals surface area (Å²) in [5.41, 5.74) is 3.70. The summed E-state index contributed by atoms with van der Waals surface area (Å²) in [5, 5.41) is 0. The third-order valence-electron chi connectivity index (χ3n) is 4.44. The van der Waals surface area contributed by atoms with E-state index in [1.807, 2.05) is 48.5 Å². The van der Waals surface area contributed by atoms with Crippen molar-refractivity contribution >= 4 is 21.6 Å². The maximum atomic E-state index is 12.6. The van der Waals surface area contributed by atoms with Crippen LogP contribution < -0.4 is 8.61 Å². The van der Waals surface area contributed by atoms with Gasteiger partial charge in [-0.3, -0.25) is 8.61 Å². The molecule has 22 heavy (non-hydrogen) atoms. The molecule has 0 saturated heterocycles. The molecule has 0 spiro atoms. The topological polar surface area (TPSA) is 40.6 Å². The Morgan fingerprint density at radius 1 is 1.00 bits per heavy atom. The Kier molecular flexibility index (Phi) is 2.94. The van der Waals surface area contributed by atoms with Crippen molar-refractivity contribution < 1.29 is 8.42 Å². The molecule has 2 aliphatic rings. The van der Waals surface area contributed by atoms with Crippen LogP contribution >= 0.6 is 0 Å². The minimum absolute atomic E-state index is 0.517. The Hall–Kier alpha value is -2.01. The van der Waals surface area contributed by atoms with Gasteiger partial charge in [-0.15, -0.1) is 0 Å². The van der Waals surface area contributed by atoms with Gasteiger partial charge in [0.1, 0.15) is 0 Å². The van der Waals surface area contributed by atoms with Gasteiger partial charge in [0.15, 0.2) is 0 Å². The summed E-state index contributed by atoms with van der Waals surface area (Å²) in [4.78, 5) is 0. The van der Waals surface area contributed by atoms with Crippen molar-refractivity contribution in [2.45, 2.75) is 12.8 Å². The number of benzene rings is 2. The Labute approximate surface area is 131 Å². The van der Waals surface area contributed by atoms with E-state index in [0.29, 0.717) is 12.5 Å². The molecule has 0 amide bonds. The molecule has 1 fully saturated rings. The molecular formula is C17H18N2O2S. The van der Waals surface area contributed by atoms with E-state index in [1.165, 1.54) is 4.31 Å². The number of rotatable bonds is 3. The van der Waals surface area contributed by atoms with Gasteiger partial charge in [0.05, 0.1) is 11.4 Å². The molecule has 0 bridgehead atoms. The van der Waals surface area contributed by atoms with E-state index >= 15 is 0 Å². The highest BCUT2D eigenvalue weighted by atomic mass is 32.2. The zero-order valence-electron chi connectivity index (χ0n) is 12.4. The van der Waals surface area contributed by atoms with Crippen LogP contribution in [0.4, 0.5) is 11.4 Å². The fraction of sp³-hybridized carbons (Fsp3) is 0.294. The standard InChI is InChI=1S/C17H18N2O2S/c1-18-17-11-15(14-5-3-2-4-6-14)9-10-16(17)19(22(18,20)21)12-13-7-8-13/h2-6,9-11,13H,7-8,12H2,1H3. The van der Waals surface area contributed by atoms with Crippen LogP contribution in [0.1, 0.15) is 12.8 Å². The molecule has 0 radical (unpaired) electrons. The lowest BCUT2D eigenvalue weighted by atomic mass is 10.0. The summed E-state index contributed by atoms with van der Waals surface area (Å²) < 4.78 is 28.2. The third-order valence-corrected chi connectivity index (χ3v) is 6.23. The average molecular weight is 314 g/mol. The zero-order valence-corrected chi connectivity index (χ0v) is 13.3. The molecule has 2 aromatic carbocycles. The third kappa shape index (κ3) is 2.08. The van der Waals surface area contributed by atoms with Gasteiger partial charge in [0.25, 0.3) is 0 Å². The Bertz CT molecular complexity index is 814. The second kappa shape index (κ2) is 4.74. The SMILES string of the molecule is CN1c2cc(-c3ccccc3)ccc2N(CC2CC2)S1(=O)=O. The van der Waals surface area contributed by atoms with Crippen molar-refractivity contribution in [2.24, 2.45) is 5.92 Å². The van der Waals surface area contributed by atoms with Gasteiger partial charge in [-0.1, -0.05) is 36.4 Å². The first kappa shape index (κ1) is 13.6. The van der Waals surface area contributed by atoms with Crippen molar-refractivity contribution in [3.05, 3.63) is 48.5 Å². The van der Waals surface area contributed by atoms with Gasteiger partial charge in [0.2, 0.25) is 0 Å². The number of fused-ring (bicyclic) bond motifs is 1. The summed E-state index contributed by atoms with van der Waals surface area (Å²) >= 11 is 0. The molecule has 114 valence electrons. The Balaban J connectivity index is 1.79.